The van der Waals surface area contributed by atoms with Crippen LogP contribution >= 0.6 is 0 Å². The standard InChI is InChI=1S/C23H26N4O2/c1-14-5-3-4-6-18(14)21(29)19-12-24-22-20(19)23(26-13-25-22)27-17-9-7-16(8-10-17)11-15(2)28/h3-6,12-13,16-17H,7-11H2,1-2H3,(H2,24,25,26,27). The van der Waals surface area contributed by atoms with Crippen molar-refractivity contribution >= 4 is 28.4 Å². The number of benzene rings is 1. The zero-order valence-corrected chi connectivity index (χ0v) is 16.9. The number of Topliss-reactive ketones (excluding diaryl/α,β-unsaturated/α-hetero) is 1. The van der Waals surface area contributed by atoms with E-state index in [4.69, 9.17) is 0 Å². The summed E-state index contributed by atoms with van der Waals surface area (Å²) >= 11 is 0. The minimum absolute atomic E-state index is 0.0302. The van der Waals surface area contributed by atoms with Gasteiger partial charge in [0.1, 0.15) is 23.6 Å². The summed E-state index contributed by atoms with van der Waals surface area (Å²) in [6.45, 7) is 3.61. The molecule has 0 unspecified atom stereocenters. The average Bonchev–Trinajstić information content (AvgIpc) is 3.14. The number of carbonyl (C=O) groups excluding carboxylic acids is 2. The van der Waals surface area contributed by atoms with Crippen LogP contribution in [-0.2, 0) is 4.79 Å². The van der Waals surface area contributed by atoms with Crippen LogP contribution in [0.3, 0.4) is 0 Å². The number of aryl methyl sites for hydroxylation is 1. The van der Waals surface area contributed by atoms with E-state index in [1.165, 1.54) is 6.33 Å². The molecule has 1 aromatic carbocycles. The van der Waals surface area contributed by atoms with E-state index in [-0.39, 0.29) is 17.6 Å². The average molecular weight is 390 g/mol. The summed E-state index contributed by atoms with van der Waals surface area (Å²) in [7, 11) is 0. The van der Waals surface area contributed by atoms with Gasteiger partial charge in [0.05, 0.1) is 10.9 Å². The fourth-order valence-corrected chi connectivity index (χ4v) is 4.33. The Morgan fingerprint density at radius 1 is 1.10 bits per heavy atom. The minimum Gasteiger partial charge on any atom is -0.367 e. The predicted octanol–water partition coefficient (Wildman–Crippen LogP) is 4.45. The smallest absolute Gasteiger partial charge is 0.195 e. The van der Waals surface area contributed by atoms with Gasteiger partial charge in [-0.2, -0.15) is 0 Å². The van der Waals surface area contributed by atoms with Crippen molar-refractivity contribution in [1.29, 1.82) is 0 Å². The van der Waals surface area contributed by atoms with Gasteiger partial charge in [-0.1, -0.05) is 24.3 Å². The first-order valence-electron chi connectivity index (χ1n) is 10.2. The molecule has 0 amide bonds. The molecule has 6 heteroatoms. The lowest BCUT2D eigenvalue weighted by molar-refractivity contribution is -0.118. The van der Waals surface area contributed by atoms with Gasteiger partial charge in [-0.05, 0) is 51.0 Å². The number of H-pyrrole nitrogens is 1. The fourth-order valence-electron chi connectivity index (χ4n) is 4.33. The predicted molar refractivity (Wildman–Crippen MR) is 113 cm³/mol. The first-order chi connectivity index (χ1) is 14.0. The Kier molecular flexibility index (Phi) is 5.43. The molecule has 2 aromatic heterocycles. The van der Waals surface area contributed by atoms with Crippen LogP contribution in [0.4, 0.5) is 5.82 Å². The van der Waals surface area contributed by atoms with Crippen molar-refractivity contribution in [2.24, 2.45) is 5.92 Å². The molecular formula is C23H26N4O2. The van der Waals surface area contributed by atoms with E-state index in [9.17, 15) is 9.59 Å². The summed E-state index contributed by atoms with van der Waals surface area (Å²) in [5.41, 5.74) is 2.88. The van der Waals surface area contributed by atoms with Crippen LogP contribution in [0.2, 0.25) is 0 Å². The molecule has 2 heterocycles. The minimum atomic E-state index is -0.0302. The fraction of sp³-hybridized carbons (Fsp3) is 0.391. The monoisotopic (exact) mass is 390 g/mol. The summed E-state index contributed by atoms with van der Waals surface area (Å²) < 4.78 is 0. The second kappa shape index (κ2) is 8.15. The molecule has 0 aliphatic heterocycles. The first-order valence-corrected chi connectivity index (χ1v) is 10.2. The quantitative estimate of drug-likeness (QED) is 0.607. The number of anilines is 1. The second-order valence-electron chi connectivity index (χ2n) is 8.06. The van der Waals surface area contributed by atoms with Gasteiger partial charge in [0.15, 0.2) is 5.78 Å². The molecular weight excluding hydrogens is 364 g/mol. The Labute approximate surface area is 170 Å². The lowest BCUT2D eigenvalue weighted by Gasteiger charge is -2.29. The van der Waals surface area contributed by atoms with Gasteiger partial charge in [-0.15, -0.1) is 0 Å². The number of carbonyl (C=O) groups is 2. The topological polar surface area (TPSA) is 87.7 Å². The molecule has 0 saturated heterocycles. The summed E-state index contributed by atoms with van der Waals surface area (Å²) in [6, 6.07) is 7.89. The molecule has 1 aliphatic rings. The third-order valence-corrected chi connectivity index (χ3v) is 5.87. The normalized spacial score (nSPS) is 19.2. The van der Waals surface area contributed by atoms with E-state index < -0.39 is 0 Å². The first kappa shape index (κ1) is 19.3. The van der Waals surface area contributed by atoms with Crippen molar-refractivity contribution in [2.75, 3.05) is 5.32 Å². The van der Waals surface area contributed by atoms with Crippen LogP contribution in [0.5, 0.6) is 0 Å². The number of aromatic amines is 1. The summed E-state index contributed by atoms with van der Waals surface area (Å²) in [5, 5.41) is 4.28. The maximum atomic E-state index is 13.2. The van der Waals surface area contributed by atoms with Crippen LogP contribution in [0.25, 0.3) is 11.0 Å². The van der Waals surface area contributed by atoms with Crippen LogP contribution in [0, 0.1) is 12.8 Å². The third-order valence-electron chi connectivity index (χ3n) is 5.87. The number of nitrogens with zero attached hydrogens (tertiary/aromatic N) is 2. The van der Waals surface area contributed by atoms with E-state index in [0.29, 0.717) is 34.9 Å². The summed E-state index contributed by atoms with van der Waals surface area (Å²) in [5.74, 6) is 1.42. The second-order valence-corrected chi connectivity index (χ2v) is 8.06. The van der Waals surface area contributed by atoms with Crippen LogP contribution in [-0.4, -0.2) is 32.6 Å². The van der Waals surface area contributed by atoms with Crippen molar-refractivity contribution in [1.82, 2.24) is 15.0 Å². The zero-order chi connectivity index (χ0) is 20.4. The molecule has 2 N–H and O–H groups in total. The van der Waals surface area contributed by atoms with Gasteiger partial charge in [-0.25, -0.2) is 9.97 Å². The zero-order valence-electron chi connectivity index (χ0n) is 16.9. The number of hydrogen-bond donors (Lipinski definition) is 2. The van der Waals surface area contributed by atoms with Gasteiger partial charge < -0.3 is 15.1 Å². The van der Waals surface area contributed by atoms with Crippen molar-refractivity contribution in [3.05, 3.63) is 53.5 Å². The van der Waals surface area contributed by atoms with Crippen LogP contribution in [0.1, 0.15) is 60.5 Å². The molecule has 3 aromatic rings. The molecule has 0 atom stereocenters. The highest BCUT2D eigenvalue weighted by atomic mass is 16.1. The summed E-state index contributed by atoms with van der Waals surface area (Å²) in [6.07, 6.45) is 7.98. The molecule has 1 aliphatic carbocycles. The number of hydrogen-bond acceptors (Lipinski definition) is 5. The Morgan fingerprint density at radius 3 is 2.59 bits per heavy atom. The van der Waals surface area contributed by atoms with Gasteiger partial charge in [0.2, 0.25) is 0 Å². The van der Waals surface area contributed by atoms with Crippen LogP contribution in [0.15, 0.2) is 36.8 Å². The Hall–Kier alpha value is -3.02. The van der Waals surface area contributed by atoms with E-state index in [0.717, 1.165) is 36.6 Å². The highest BCUT2D eigenvalue weighted by molar-refractivity contribution is 6.18. The Balaban J connectivity index is 1.58. The molecule has 0 radical (unpaired) electrons. The summed E-state index contributed by atoms with van der Waals surface area (Å²) in [4.78, 5) is 36.4. The molecule has 29 heavy (non-hydrogen) atoms. The molecule has 0 spiro atoms. The Bertz CT molecular complexity index is 1050. The lowest BCUT2D eigenvalue weighted by atomic mass is 9.83. The van der Waals surface area contributed by atoms with Gasteiger partial charge in [0.25, 0.3) is 0 Å². The van der Waals surface area contributed by atoms with E-state index in [1.54, 1.807) is 13.1 Å². The largest absolute Gasteiger partial charge is 0.367 e. The van der Waals surface area contributed by atoms with Crippen LogP contribution < -0.4 is 5.32 Å². The van der Waals surface area contributed by atoms with Crippen molar-refractivity contribution in [3.8, 4) is 0 Å². The number of fused-ring (bicyclic) bond motifs is 1. The number of ketones is 2. The molecule has 1 saturated carbocycles. The number of nitrogens with one attached hydrogen (secondary N) is 2. The molecule has 4 rings (SSSR count). The Morgan fingerprint density at radius 2 is 1.86 bits per heavy atom. The van der Waals surface area contributed by atoms with Crippen molar-refractivity contribution in [3.63, 3.8) is 0 Å². The van der Waals surface area contributed by atoms with Gasteiger partial charge >= 0.3 is 0 Å². The van der Waals surface area contributed by atoms with Crippen molar-refractivity contribution < 1.29 is 9.59 Å². The maximum Gasteiger partial charge on any atom is 0.195 e. The highest BCUT2D eigenvalue weighted by Gasteiger charge is 2.25. The molecule has 6 nitrogen and oxygen atoms in total. The highest BCUT2D eigenvalue weighted by Crippen LogP contribution is 2.31. The lowest BCUT2D eigenvalue weighted by Crippen LogP contribution is -2.27. The van der Waals surface area contributed by atoms with E-state index in [2.05, 4.69) is 20.3 Å². The van der Waals surface area contributed by atoms with Gasteiger partial charge in [-0.3, -0.25) is 4.79 Å². The third kappa shape index (κ3) is 4.06. The SMILES string of the molecule is CC(=O)CC1CCC(Nc2ncnc3[nH]cc(C(=O)c4ccccc4C)c23)CC1. The van der Waals surface area contributed by atoms with E-state index >= 15 is 0 Å². The number of aromatic nitrogens is 3. The van der Waals surface area contributed by atoms with Gasteiger partial charge in [0, 0.05) is 24.2 Å². The maximum absolute atomic E-state index is 13.2. The molecule has 150 valence electrons. The number of rotatable bonds is 6. The molecule has 1 fully saturated rings. The van der Waals surface area contributed by atoms with Crippen molar-refractivity contribution in [2.45, 2.75) is 52.0 Å². The molecule has 0 bridgehead atoms. The van der Waals surface area contributed by atoms with E-state index in [1.807, 2.05) is 31.2 Å².